The van der Waals surface area contributed by atoms with Crippen LogP contribution in [0.3, 0.4) is 0 Å². The van der Waals surface area contributed by atoms with E-state index < -0.39 is 0 Å². The maximum atomic E-state index is 5.96. The van der Waals surface area contributed by atoms with Crippen LogP contribution in [0.1, 0.15) is 29.0 Å². The van der Waals surface area contributed by atoms with E-state index in [1.807, 2.05) is 12.1 Å². The molecule has 0 aliphatic rings. The van der Waals surface area contributed by atoms with Crippen molar-refractivity contribution in [2.45, 2.75) is 33.4 Å². The maximum absolute atomic E-state index is 5.96. The Hall–Kier alpha value is -3.32. The van der Waals surface area contributed by atoms with Gasteiger partial charge in [0, 0.05) is 44.9 Å². The van der Waals surface area contributed by atoms with Gasteiger partial charge in [-0.05, 0) is 25.5 Å². The Balaban J connectivity index is 1.54. The van der Waals surface area contributed by atoms with Gasteiger partial charge < -0.3 is 24.5 Å². The van der Waals surface area contributed by atoms with E-state index in [9.17, 15) is 0 Å². The molecule has 3 aromatic rings. The van der Waals surface area contributed by atoms with Crippen molar-refractivity contribution in [3.8, 4) is 17.1 Å². The lowest BCUT2D eigenvalue weighted by atomic mass is 10.1. The second kappa shape index (κ2) is 11.9. The normalized spacial score (nSPS) is 11.4. The fraction of sp³-hybridized carbons (Fsp3) is 0.360. The number of hydrogen-bond acceptors (Lipinski definition) is 5. The van der Waals surface area contributed by atoms with Crippen LogP contribution in [0.25, 0.3) is 11.3 Å². The molecule has 2 aromatic carbocycles. The summed E-state index contributed by atoms with van der Waals surface area (Å²) in [6.45, 7) is 6.43. The van der Waals surface area contributed by atoms with Crippen molar-refractivity contribution in [3.05, 3.63) is 71.2 Å². The summed E-state index contributed by atoms with van der Waals surface area (Å²) in [6, 6.07) is 14.4. The minimum Gasteiger partial charge on any atom is -0.493 e. The molecular formula is C25H32N4O3. The lowest BCUT2D eigenvalue weighted by Crippen LogP contribution is -2.36. The van der Waals surface area contributed by atoms with Crippen LogP contribution in [0, 0.1) is 13.8 Å². The summed E-state index contributed by atoms with van der Waals surface area (Å²) < 4.78 is 16.9. The molecule has 0 bridgehead atoms. The number of ether oxygens (including phenoxy) is 2. The molecule has 0 unspecified atom stereocenters. The third kappa shape index (κ3) is 6.85. The predicted octanol–water partition coefficient (Wildman–Crippen LogP) is 4.24. The Kier molecular flexibility index (Phi) is 8.69. The molecule has 3 rings (SSSR count). The summed E-state index contributed by atoms with van der Waals surface area (Å²) in [7, 11) is 3.43. The molecule has 7 heteroatoms. The average molecular weight is 437 g/mol. The third-order valence-electron chi connectivity index (χ3n) is 4.94. The van der Waals surface area contributed by atoms with Crippen LogP contribution in [0.4, 0.5) is 0 Å². The molecule has 32 heavy (non-hydrogen) atoms. The van der Waals surface area contributed by atoms with Crippen LogP contribution in [0.2, 0.25) is 0 Å². The highest BCUT2D eigenvalue weighted by atomic mass is 16.5. The number of rotatable bonds is 10. The highest BCUT2D eigenvalue weighted by molar-refractivity contribution is 5.79. The standard InChI is InChI=1S/C25H32N4O3/c1-18-6-9-20(10-7-18)23-16-27-24(32-23)17-29-25(26-3)28-15-21-11-8-19(2)14-22(21)31-13-5-12-30-4/h6-11,14,16H,5,12-13,15,17H2,1-4H3,(H2,26,28,29). The molecule has 0 fully saturated rings. The average Bonchev–Trinajstić information content (AvgIpc) is 3.27. The topological polar surface area (TPSA) is 80.9 Å². The molecular weight excluding hydrogens is 404 g/mol. The molecule has 7 nitrogen and oxygen atoms in total. The number of aryl methyl sites for hydroxylation is 2. The zero-order chi connectivity index (χ0) is 22.8. The number of benzene rings is 2. The van der Waals surface area contributed by atoms with E-state index >= 15 is 0 Å². The summed E-state index contributed by atoms with van der Waals surface area (Å²) in [4.78, 5) is 8.66. The summed E-state index contributed by atoms with van der Waals surface area (Å²) >= 11 is 0. The van der Waals surface area contributed by atoms with Gasteiger partial charge in [0.1, 0.15) is 5.75 Å². The van der Waals surface area contributed by atoms with Crippen LogP contribution < -0.4 is 15.4 Å². The van der Waals surface area contributed by atoms with E-state index in [0.29, 0.717) is 38.2 Å². The Labute approximate surface area is 189 Å². The molecule has 1 aromatic heterocycles. The van der Waals surface area contributed by atoms with E-state index in [1.165, 1.54) is 5.56 Å². The molecule has 0 saturated carbocycles. The zero-order valence-corrected chi connectivity index (χ0v) is 19.3. The predicted molar refractivity (Wildman–Crippen MR) is 127 cm³/mol. The highest BCUT2D eigenvalue weighted by Gasteiger charge is 2.09. The molecule has 0 radical (unpaired) electrons. The van der Waals surface area contributed by atoms with Crippen molar-refractivity contribution in [1.29, 1.82) is 0 Å². The van der Waals surface area contributed by atoms with Crippen molar-refractivity contribution in [2.75, 3.05) is 27.4 Å². The first-order valence-corrected chi connectivity index (χ1v) is 10.8. The van der Waals surface area contributed by atoms with E-state index in [1.54, 1.807) is 20.4 Å². The molecule has 1 heterocycles. The fourth-order valence-corrected chi connectivity index (χ4v) is 3.13. The number of aliphatic imine (C=N–C) groups is 1. The Morgan fingerprint density at radius 2 is 1.75 bits per heavy atom. The lowest BCUT2D eigenvalue weighted by molar-refractivity contribution is 0.171. The minimum absolute atomic E-state index is 0.430. The largest absolute Gasteiger partial charge is 0.493 e. The van der Waals surface area contributed by atoms with Crippen molar-refractivity contribution < 1.29 is 13.9 Å². The second-order valence-corrected chi connectivity index (χ2v) is 7.57. The van der Waals surface area contributed by atoms with Gasteiger partial charge in [0.25, 0.3) is 0 Å². The van der Waals surface area contributed by atoms with Gasteiger partial charge in [-0.15, -0.1) is 0 Å². The first kappa shape index (κ1) is 23.3. The van der Waals surface area contributed by atoms with Gasteiger partial charge in [-0.25, -0.2) is 4.98 Å². The van der Waals surface area contributed by atoms with Crippen molar-refractivity contribution in [2.24, 2.45) is 4.99 Å². The highest BCUT2D eigenvalue weighted by Crippen LogP contribution is 2.21. The second-order valence-electron chi connectivity index (χ2n) is 7.57. The van der Waals surface area contributed by atoms with Gasteiger partial charge in [-0.3, -0.25) is 4.99 Å². The minimum atomic E-state index is 0.430. The zero-order valence-electron chi connectivity index (χ0n) is 19.3. The Morgan fingerprint density at radius 1 is 1.00 bits per heavy atom. The summed E-state index contributed by atoms with van der Waals surface area (Å²) in [5.74, 6) is 2.88. The molecule has 0 atom stereocenters. The van der Waals surface area contributed by atoms with Crippen LogP contribution >= 0.6 is 0 Å². The monoisotopic (exact) mass is 436 g/mol. The first-order valence-electron chi connectivity index (χ1n) is 10.8. The van der Waals surface area contributed by atoms with Crippen LogP contribution in [0.15, 0.2) is 58.1 Å². The van der Waals surface area contributed by atoms with E-state index in [-0.39, 0.29) is 0 Å². The Bertz CT molecular complexity index is 1010. The maximum Gasteiger partial charge on any atom is 0.214 e. The molecule has 0 saturated heterocycles. The number of guanidine groups is 1. The van der Waals surface area contributed by atoms with Crippen molar-refractivity contribution in [3.63, 3.8) is 0 Å². The number of nitrogens with one attached hydrogen (secondary N) is 2. The summed E-state index contributed by atoms with van der Waals surface area (Å²) in [5.41, 5.74) is 4.44. The molecule has 0 amide bonds. The van der Waals surface area contributed by atoms with Crippen LogP contribution in [-0.4, -0.2) is 38.3 Å². The smallest absolute Gasteiger partial charge is 0.214 e. The SMILES string of the molecule is CN=C(NCc1ncc(-c2ccc(C)cc2)o1)NCc1ccc(C)cc1OCCCOC. The third-order valence-corrected chi connectivity index (χ3v) is 4.94. The summed E-state index contributed by atoms with van der Waals surface area (Å²) in [6.07, 6.45) is 2.60. The van der Waals surface area contributed by atoms with Gasteiger partial charge in [0.2, 0.25) is 5.89 Å². The first-order chi connectivity index (χ1) is 15.6. The molecule has 0 aliphatic carbocycles. The van der Waals surface area contributed by atoms with Gasteiger partial charge in [-0.1, -0.05) is 42.0 Å². The number of nitrogens with zero attached hydrogens (tertiary/aromatic N) is 2. The quantitative estimate of drug-likeness (QED) is 0.281. The van der Waals surface area contributed by atoms with Crippen molar-refractivity contribution in [1.82, 2.24) is 15.6 Å². The number of methoxy groups -OCH3 is 1. The molecule has 170 valence electrons. The number of oxazole rings is 1. The van der Waals surface area contributed by atoms with Gasteiger partial charge in [0.15, 0.2) is 11.7 Å². The van der Waals surface area contributed by atoms with E-state index in [0.717, 1.165) is 34.6 Å². The van der Waals surface area contributed by atoms with Gasteiger partial charge >= 0.3 is 0 Å². The van der Waals surface area contributed by atoms with Crippen LogP contribution in [0.5, 0.6) is 5.75 Å². The Morgan fingerprint density at radius 3 is 2.50 bits per heavy atom. The number of hydrogen-bond donors (Lipinski definition) is 2. The van der Waals surface area contributed by atoms with E-state index in [2.05, 4.69) is 64.8 Å². The van der Waals surface area contributed by atoms with Crippen molar-refractivity contribution >= 4 is 5.96 Å². The van der Waals surface area contributed by atoms with Gasteiger partial charge in [0.05, 0.1) is 19.3 Å². The summed E-state index contributed by atoms with van der Waals surface area (Å²) in [5, 5.41) is 6.57. The number of aromatic nitrogens is 1. The molecule has 2 N–H and O–H groups in total. The molecule has 0 spiro atoms. The fourth-order valence-electron chi connectivity index (χ4n) is 3.13. The van der Waals surface area contributed by atoms with Crippen LogP contribution in [-0.2, 0) is 17.8 Å². The lowest BCUT2D eigenvalue weighted by Gasteiger charge is -2.15. The molecule has 0 aliphatic heterocycles. The van der Waals surface area contributed by atoms with Gasteiger partial charge in [-0.2, -0.15) is 0 Å². The van der Waals surface area contributed by atoms with E-state index in [4.69, 9.17) is 13.9 Å².